The lowest BCUT2D eigenvalue weighted by Crippen LogP contribution is -1.94. The van der Waals surface area contributed by atoms with Crippen LogP contribution in [0.15, 0.2) is 186 Å². The third-order valence-electron chi connectivity index (χ3n) is 8.88. The van der Waals surface area contributed by atoms with Gasteiger partial charge in [-0.2, -0.15) is 0 Å². The van der Waals surface area contributed by atoms with Gasteiger partial charge in [-0.1, -0.05) is 121 Å². The molecule has 238 valence electrons. The Morgan fingerprint density at radius 3 is 1.98 bits per heavy atom. The fourth-order valence-electron chi connectivity index (χ4n) is 6.73. The topological polar surface area (TPSA) is 23.0 Å². The predicted molar refractivity (Wildman–Crippen MR) is 213 cm³/mol. The second-order valence-electron chi connectivity index (χ2n) is 11.6. The molecule has 0 fully saturated rings. The van der Waals surface area contributed by atoms with E-state index in [1.54, 1.807) is 30.3 Å². The van der Waals surface area contributed by atoms with Gasteiger partial charge in [0.25, 0.3) is 0 Å². The molecule has 0 amide bonds. The number of rotatable bonds is 4. The molecule has 0 unspecified atom stereocenters. The van der Waals surface area contributed by atoms with E-state index < -0.39 is 150 Å². The van der Waals surface area contributed by atoms with Crippen molar-refractivity contribution < 1.29 is 34.6 Å². The number of fused-ring (bicyclic) bond motifs is 9. The van der Waals surface area contributed by atoms with Crippen LogP contribution in [0.1, 0.15) is 30.2 Å². The van der Waals surface area contributed by atoms with Gasteiger partial charge in [-0.25, -0.2) is 0 Å². The maximum Gasteiger partial charge on any atom is 0.159 e. The van der Waals surface area contributed by atoms with Crippen molar-refractivity contribution in [3.63, 3.8) is 0 Å². The first-order valence-corrected chi connectivity index (χ1v) is 15.6. The summed E-state index contributed by atoms with van der Waals surface area (Å²) in [5.41, 5.74) is -2.99. The molecule has 3 nitrogen and oxygen atoms in total. The third kappa shape index (κ3) is 4.12. The molecule has 3 heteroatoms. The minimum absolute atomic E-state index is 0.0995. The van der Waals surface area contributed by atoms with Gasteiger partial charge in [0, 0.05) is 38.0 Å². The zero-order valence-electron chi connectivity index (χ0n) is 47.9. The quantitative estimate of drug-likeness (QED) is 0.182. The average molecular weight is 673 g/mol. The summed E-state index contributed by atoms with van der Waals surface area (Å²) in [5, 5.41) is -1.49. The maximum absolute atomic E-state index is 9.92. The second-order valence-corrected chi connectivity index (χ2v) is 11.6. The monoisotopic (exact) mass is 672 g/mol. The first-order valence-electron chi connectivity index (χ1n) is 26.6. The summed E-state index contributed by atoms with van der Waals surface area (Å²) >= 11 is 0. The number of hydrogen-bond donors (Lipinski definition) is 0. The van der Waals surface area contributed by atoms with Crippen LogP contribution in [-0.4, -0.2) is 9.13 Å². The van der Waals surface area contributed by atoms with Crippen molar-refractivity contribution in [3.8, 4) is 33.6 Å². The van der Waals surface area contributed by atoms with Crippen molar-refractivity contribution in [1.82, 2.24) is 9.13 Å². The summed E-state index contributed by atoms with van der Waals surface area (Å²) in [6.45, 7) is 0. The largest absolute Gasteiger partial charge is 0.454 e. The van der Waals surface area contributed by atoms with E-state index in [0.29, 0.717) is 5.69 Å². The molecule has 0 aliphatic carbocycles. The van der Waals surface area contributed by atoms with Crippen LogP contribution < -0.4 is 0 Å². The Labute approximate surface area is 324 Å². The SMILES string of the molecule is [2H]c1cc(-c2c([2H])c([2H])c([2H])c3oc4c(-n5c6cc([2H])c(-c7c([2H])c([2H])c8c(c7[2H])c7c([2H])c([2H])c([2H])c([2H])c7n8-c7ccccc7)c([2H])c6c6c([2H])c([2H])c([2H])c([2H])c65)cc([2H])c([2H])c4c23)c([2H])c([2H])c1[2H]. The molecule has 3 heterocycles. The highest BCUT2D eigenvalue weighted by molar-refractivity contribution is 6.17. The van der Waals surface area contributed by atoms with E-state index in [4.69, 9.17) is 23.6 Å². The van der Waals surface area contributed by atoms with Crippen LogP contribution in [0.4, 0.5) is 0 Å². The molecule has 0 bridgehead atoms. The number of hydrogen-bond acceptors (Lipinski definition) is 1. The molecule has 11 aromatic rings. The Hall–Kier alpha value is -6.84. The smallest absolute Gasteiger partial charge is 0.159 e. The molecule has 0 N–H and O–H groups in total. The third-order valence-corrected chi connectivity index (χ3v) is 8.88. The van der Waals surface area contributed by atoms with Crippen molar-refractivity contribution in [2.45, 2.75) is 0 Å². The summed E-state index contributed by atoms with van der Waals surface area (Å²) in [6.07, 6.45) is 0. The molecule has 51 heavy (non-hydrogen) atoms. The molecular formula is C48H30N2O. The second kappa shape index (κ2) is 10.8. The molecule has 3 aromatic heterocycles. The number of aromatic nitrogens is 2. The molecule has 0 saturated carbocycles. The highest BCUT2D eigenvalue weighted by Crippen LogP contribution is 2.42. The van der Waals surface area contributed by atoms with Crippen molar-refractivity contribution in [3.05, 3.63) is 181 Å². The summed E-state index contributed by atoms with van der Waals surface area (Å²) in [6, 6.07) is -2.28. The van der Waals surface area contributed by atoms with E-state index in [1.165, 1.54) is 4.57 Å². The number of para-hydroxylation sites is 4. The van der Waals surface area contributed by atoms with Crippen molar-refractivity contribution in [2.75, 3.05) is 0 Å². The minimum atomic E-state index is -0.749. The fraction of sp³-hybridized carbons (Fsp3) is 0. The van der Waals surface area contributed by atoms with Gasteiger partial charge in [-0.15, -0.1) is 0 Å². The lowest BCUT2D eigenvalue weighted by molar-refractivity contribution is 0.666. The fourth-order valence-corrected chi connectivity index (χ4v) is 6.73. The van der Waals surface area contributed by atoms with E-state index in [1.807, 2.05) is 0 Å². The van der Waals surface area contributed by atoms with E-state index in [-0.39, 0.29) is 76.8 Å². The Kier molecular flexibility index (Phi) is 3.01. The summed E-state index contributed by atoms with van der Waals surface area (Å²) in [7, 11) is 0. The van der Waals surface area contributed by atoms with Crippen LogP contribution in [-0.2, 0) is 0 Å². The number of nitrogens with zero attached hydrogens (tertiary/aromatic N) is 2. The lowest BCUT2D eigenvalue weighted by atomic mass is 9.99. The Morgan fingerprint density at radius 1 is 0.431 bits per heavy atom. The van der Waals surface area contributed by atoms with Crippen molar-refractivity contribution >= 4 is 65.6 Å². The van der Waals surface area contributed by atoms with Gasteiger partial charge in [0.1, 0.15) is 5.58 Å². The van der Waals surface area contributed by atoms with Gasteiger partial charge >= 0.3 is 0 Å². The van der Waals surface area contributed by atoms with Gasteiger partial charge in [-0.3, -0.25) is 0 Å². The molecule has 11 rings (SSSR count). The van der Waals surface area contributed by atoms with Gasteiger partial charge in [0.15, 0.2) is 5.58 Å². The highest BCUT2D eigenvalue weighted by Gasteiger charge is 2.20. The summed E-state index contributed by atoms with van der Waals surface area (Å²) < 4.78 is 207. The Balaban J connectivity index is 1.31. The Bertz CT molecular complexity index is 4400. The van der Waals surface area contributed by atoms with E-state index >= 15 is 0 Å². The lowest BCUT2D eigenvalue weighted by Gasteiger charge is -2.10. The van der Waals surface area contributed by atoms with Crippen LogP contribution in [0.2, 0.25) is 0 Å². The van der Waals surface area contributed by atoms with Crippen LogP contribution in [0, 0.1) is 0 Å². The standard InChI is InChI=1S/C48H30N2O/c1-3-13-31(14-4-1)35-19-12-24-46-47(35)38-20-11-23-45(48(38)51-46)50-42-22-10-8-18-37(42)40-30-33(26-28-44(40)50)32-25-27-43-39(29-32)36-17-7-9-21-41(36)49(43)34-15-5-2-6-16-34/h1-30H/i1D,3D,4D,7D,8D,9D,10D,11D,12D,13D,17D,18D,19D,20D,21D,22D,24D,25D,26D,27D,29D,30D. The van der Waals surface area contributed by atoms with Crippen LogP contribution in [0.25, 0.3) is 99.2 Å². The van der Waals surface area contributed by atoms with E-state index in [2.05, 4.69) is 0 Å². The van der Waals surface area contributed by atoms with Crippen LogP contribution in [0.3, 0.4) is 0 Å². The zero-order valence-corrected chi connectivity index (χ0v) is 25.9. The maximum atomic E-state index is 9.92. The minimum Gasteiger partial charge on any atom is -0.454 e. The summed E-state index contributed by atoms with van der Waals surface area (Å²) in [5.74, 6) is 0. The number of benzene rings is 8. The van der Waals surface area contributed by atoms with Gasteiger partial charge in [0.05, 0.1) is 57.9 Å². The molecular weight excluding hydrogens is 621 g/mol. The molecule has 0 saturated heterocycles. The molecule has 0 aliphatic heterocycles. The molecule has 0 spiro atoms. The van der Waals surface area contributed by atoms with Crippen LogP contribution >= 0.6 is 0 Å². The van der Waals surface area contributed by atoms with Crippen molar-refractivity contribution in [1.29, 1.82) is 0 Å². The molecule has 0 atom stereocenters. The van der Waals surface area contributed by atoms with Gasteiger partial charge in [-0.05, 0) is 82.8 Å². The molecule has 8 aromatic carbocycles. The van der Waals surface area contributed by atoms with Gasteiger partial charge < -0.3 is 13.6 Å². The Morgan fingerprint density at radius 2 is 1.14 bits per heavy atom. The van der Waals surface area contributed by atoms with Gasteiger partial charge in [0.2, 0.25) is 0 Å². The highest BCUT2D eigenvalue weighted by atomic mass is 16.3. The first-order chi connectivity index (χ1) is 34.5. The van der Waals surface area contributed by atoms with E-state index in [0.717, 1.165) is 22.8 Å². The predicted octanol–water partition coefficient (Wildman–Crippen LogP) is 13.1. The first kappa shape index (κ1) is 14.2. The number of furan rings is 1. The molecule has 0 aliphatic rings. The zero-order chi connectivity index (χ0) is 52.6. The van der Waals surface area contributed by atoms with Crippen LogP contribution in [0.5, 0.6) is 0 Å². The average Bonchev–Trinajstić information content (AvgIpc) is 4.05. The normalized spacial score (nSPS) is 18.0. The molecule has 0 radical (unpaired) electrons. The van der Waals surface area contributed by atoms with E-state index in [9.17, 15) is 11.0 Å². The summed E-state index contributed by atoms with van der Waals surface area (Å²) in [4.78, 5) is 0. The van der Waals surface area contributed by atoms with Crippen molar-refractivity contribution in [2.24, 2.45) is 0 Å².